The number of carbonyl (C=O) groups excluding carboxylic acids is 2. The van der Waals surface area contributed by atoms with Crippen molar-refractivity contribution in [3.63, 3.8) is 0 Å². The lowest BCUT2D eigenvalue weighted by atomic mass is 10.1. The summed E-state index contributed by atoms with van der Waals surface area (Å²) in [5.41, 5.74) is 7.54. The topological polar surface area (TPSA) is 84.2 Å². The molecule has 0 unspecified atom stereocenters. The second kappa shape index (κ2) is 8.14. The lowest BCUT2D eigenvalue weighted by molar-refractivity contribution is -0.118. The minimum Gasteiger partial charge on any atom is -0.352 e. The molecule has 1 fully saturated rings. The molecule has 0 aromatic heterocycles. The second-order valence-corrected chi connectivity index (χ2v) is 6.18. The highest BCUT2D eigenvalue weighted by molar-refractivity contribution is 6.00. The minimum atomic E-state index is -0.701. The summed E-state index contributed by atoms with van der Waals surface area (Å²) >= 11 is 0. The predicted octanol–water partition coefficient (Wildman–Crippen LogP) is 2.51. The van der Waals surface area contributed by atoms with Gasteiger partial charge in [0.05, 0.1) is 5.54 Å². The Hall–Kier alpha value is -2.37. The molecule has 2 aromatic carbocycles. The molecular formula is C19H22ClN3O2. The fourth-order valence-electron chi connectivity index (χ4n) is 2.39. The molecule has 5 nitrogen and oxygen atoms in total. The quantitative estimate of drug-likeness (QED) is 0.741. The number of carbonyl (C=O) groups is 2. The van der Waals surface area contributed by atoms with Gasteiger partial charge < -0.3 is 16.4 Å². The van der Waals surface area contributed by atoms with Crippen LogP contribution in [0.25, 0.3) is 0 Å². The van der Waals surface area contributed by atoms with Crippen LogP contribution in [0.15, 0.2) is 54.6 Å². The van der Waals surface area contributed by atoms with E-state index < -0.39 is 5.54 Å². The van der Waals surface area contributed by atoms with Gasteiger partial charge in [0.2, 0.25) is 5.91 Å². The maximum Gasteiger partial charge on any atom is 0.251 e. The molecule has 1 saturated carbocycles. The van der Waals surface area contributed by atoms with Gasteiger partial charge in [0, 0.05) is 17.8 Å². The van der Waals surface area contributed by atoms with Crippen LogP contribution in [0.4, 0.5) is 5.69 Å². The van der Waals surface area contributed by atoms with Gasteiger partial charge in [0.1, 0.15) is 0 Å². The third kappa shape index (κ3) is 5.05. The van der Waals surface area contributed by atoms with Crippen LogP contribution in [0.3, 0.4) is 0 Å². The molecule has 0 radical (unpaired) electrons. The van der Waals surface area contributed by atoms with E-state index in [0.717, 1.165) is 19.3 Å². The Kier molecular flexibility index (Phi) is 6.17. The lowest BCUT2D eigenvalue weighted by Crippen LogP contribution is -2.37. The van der Waals surface area contributed by atoms with Crippen molar-refractivity contribution in [2.75, 3.05) is 11.9 Å². The van der Waals surface area contributed by atoms with Crippen LogP contribution in [0.1, 0.15) is 28.8 Å². The van der Waals surface area contributed by atoms with E-state index in [2.05, 4.69) is 10.6 Å². The van der Waals surface area contributed by atoms with E-state index in [4.69, 9.17) is 5.73 Å². The van der Waals surface area contributed by atoms with Gasteiger partial charge in [0.25, 0.3) is 5.91 Å². The molecule has 0 atom stereocenters. The van der Waals surface area contributed by atoms with Gasteiger partial charge in [0.15, 0.2) is 0 Å². The highest BCUT2D eigenvalue weighted by Crippen LogP contribution is 2.33. The highest BCUT2D eigenvalue weighted by atomic mass is 35.5. The van der Waals surface area contributed by atoms with E-state index in [-0.39, 0.29) is 24.2 Å². The van der Waals surface area contributed by atoms with E-state index in [0.29, 0.717) is 17.8 Å². The highest BCUT2D eigenvalue weighted by Gasteiger charge is 2.45. The summed E-state index contributed by atoms with van der Waals surface area (Å²) in [6.07, 6.45) is 2.24. The van der Waals surface area contributed by atoms with Crippen molar-refractivity contribution in [2.24, 2.45) is 5.73 Å². The number of hydrogen-bond donors (Lipinski definition) is 3. The number of nitrogens with two attached hydrogens (primary N) is 1. The molecule has 4 N–H and O–H groups in total. The number of halogens is 1. The zero-order valence-corrected chi connectivity index (χ0v) is 14.6. The Bertz CT molecular complexity index is 728. The van der Waals surface area contributed by atoms with Gasteiger partial charge in [-0.1, -0.05) is 30.3 Å². The Morgan fingerprint density at radius 1 is 1.00 bits per heavy atom. The molecule has 3 rings (SSSR count). The zero-order chi connectivity index (χ0) is 17.0. The van der Waals surface area contributed by atoms with Crippen molar-refractivity contribution in [1.82, 2.24) is 5.32 Å². The number of anilines is 1. The summed E-state index contributed by atoms with van der Waals surface area (Å²) in [4.78, 5) is 24.0. The largest absolute Gasteiger partial charge is 0.352 e. The Morgan fingerprint density at radius 2 is 1.64 bits per heavy atom. The fraction of sp³-hybridized carbons (Fsp3) is 0.263. The van der Waals surface area contributed by atoms with Crippen molar-refractivity contribution < 1.29 is 9.59 Å². The Labute approximate surface area is 153 Å². The molecule has 0 aliphatic heterocycles. The van der Waals surface area contributed by atoms with Gasteiger partial charge in [-0.2, -0.15) is 0 Å². The lowest BCUT2D eigenvalue weighted by Gasteiger charge is -2.10. The van der Waals surface area contributed by atoms with Gasteiger partial charge in [-0.25, -0.2) is 0 Å². The number of benzene rings is 2. The van der Waals surface area contributed by atoms with E-state index in [1.165, 1.54) is 5.56 Å². The Morgan fingerprint density at radius 3 is 2.24 bits per heavy atom. The number of hydrogen-bond acceptors (Lipinski definition) is 3. The third-order valence-corrected chi connectivity index (χ3v) is 4.19. The summed E-state index contributed by atoms with van der Waals surface area (Å²) < 4.78 is 0. The zero-order valence-electron chi connectivity index (χ0n) is 13.8. The van der Waals surface area contributed by atoms with Crippen molar-refractivity contribution >= 4 is 29.9 Å². The first-order chi connectivity index (χ1) is 11.6. The average Bonchev–Trinajstić information content (AvgIpc) is 3.35. The summed E-state index contributed by atoms with van der Waals surface area (Å²) in [6.45, 7) is 0.580. The number of rotatable bonds is 6. The average molecular weight is 360 g/mol. The van der Waals surface area contributed by atoms with Crippen LogP contribution in [0.5, 0.6) is 0 Å². The molecule has 1 aliphatic rings. The molecular weight excluding hydrogens is 338 g/mol. The van der Waals surface area contributed by atoms with Gasteiger partial charge in [-0.15, -0.1) is 12.4 Å². The van der Waals surface area contributed by atoms with Crippen LogP contribution in [0, 0.1) is 0 Å². The van der Waals surface area contributed by atoms with E-state index >= 15 is 0 Å². The third-order valence-electron chi connectivity index (χ3n) is 4.19. The first-order valence-electron chi connectivity index (χ1n) is 8.09. The summed E-state index contributed by atoms with van der Waals surface area (Å²) in [5, 5.41) is 5.68. The molecule has 0 bridgehead atoms. The summed E-state index contributed by atoms with van der Waals surface area (Å²) in [7, 11) is 0. The normalized spacial score (nSPS) is 14.1. The van der Waals surface area contributed by atoms with Crippen molar-refractivity contribution in [3.8, 4) is 0 Å². The van der Waals surface area contributed by atoms with E-state index in [9.17, 15) is 9.59 Å². The molecule has 2 amide bonds. The second-order valence-electron chi connectivity index (χ2n) is 6.18. The van der Waals surface area contributed by atoms with Gasteiger partial charge in [-0.05, 0) is 49.1 Å². The molecule has 1 aliphatic carbocycles. The van der Waals surface area contributed by atoms with Crippen LogP contribution in [-0.2, 0) is 11.2 Å². The minimum absolute atomic E-state index is 0. The number of amides is 2. The Balaban J connectivity index is 0.00000225. The van der Waals surface area contributed by atoms with Gasteiger partial charge >= 0.3 is 0 Å². The molecule has 0 spiro atoms. The molecule has 0 saturated heterocycles. The first-order valence-corrected chi connectivity index (χ1v) is 8.09. The number of nitrogens with one attached hydrogen (secondary N) is 2. The van der Waals surface area contributed by atoms with Crippen LogP contribution < -0.4 is 16.4 Å². The summed E-state index contributed by atoms with van der Waals surface area (Å²) in [5.74, 6) is -0.288. The van der Waals surface area contributed by atoms with Crippen LogP contribution in [-0.4, -0.2) is 23.9 Å². The first kappa shape index (κ1) is 19.0. The molecule has 132 valence electrons. The maximum absolute atomic E-state index is 12.1. The predicted molar refractivity (Wildman–Crippen MR) is 101 cm³/mol. The van der Waals surface area contributed by atoms with Crippen LogP contribution >= 0.6 is 12.4 Å². The maximum atomic E-state index is 12.1. The SMILES string of the molecule is Cl.NC1(C(=O)Nc2ccc(C(=O)NCCc3ccccc3)cc2)CC1. The molecule has 0 heterocycles. The van der Waals surface area contributed by atoms with Crippen molar-refractivity contribution in [3.05, 3.63) is 65.7 Å². The monoisotopic (exact) mass is 359 g/mol. The van der Waals surface area contributed by atoms with Crippen molar-refractivity contribution in [2.45, 2.75) is 24.8 Å². The smallest absolute Gasteiger partial charge is 0.251 e. The van der Waals surface area contributed by atoms with Crippen molar-refractivity contribution in [1.29, 1.82) is 0 Å². The van der Waals surface area contributed by atoms with Gasteiger partial charge in [-0.3, -0.25) is 9.59 Å². The van der Waals surface area contributed by atoms with E-state index in [1.54, 1.807) is 24.3 Å². The van der Waals surface area contributed by atoms with Crippen LogP contribution in [0.2, 0.25) is 0 Å². The molecule has 25 heavy (non-hydrogen) atoms. The molecule has 2 aromatic rings. The molecule has 6 heteroatoms. The fourth-order valence-corrected chi connectivity index (χ4v) is 2.39. The standard InChI is InChI=1S/C19H21N3O2.ClH/c20-19(11-12-19)18(24)22-16-8-6-15(7-9-16)17(23)21-13-10-14-4-2-1-3-5-14;/h1-9H,10-13,20H2,(H,21,23)(H,22,24);1H. The van der Waals surface area contributed by atoms with E-state index in [1.807, 2.05) is 30.3 Å². The summed E-state index contributed by atoms with van der Waals surface area (Å²) in [6, 6.07) is 16.8.